The van der Waals surface area contributed by atoms with Gasteiger partial charge in [-0.3, -0.25) is 9.30 Å². The number of hydrogen-bond acceptors (Lipinski definition) is 6. The van der Waals surface area contributed by atoms with Crippen LogP contribution in [0.5, 0.6) is 5.75 Å². The van der Waals surface area contributed by atoms with Crippen LogP contribution >= 0.6 is 11.6 Å². The van der Waals surface area contributed by atoms with Crippen LogP contribution in [-0.2, 0) is 12.8 Å². The Labute approximate surface area is 215 Å². The fourth-order valence-corrected chi connectivity index (χ4v) is 5.13. The first-order valence-corrected chi connectivity index (χ1v) is 12.6. The first kappa shape index (κ1) is 24.5. The van der Waals surface area contributed by atoms with E-state index in [1.54, 1.807) is 19.5 Å². The van der Waals surface area contributed by atoms with Crippen molar-refractivity contribution in [2.24, 2.45) is 0 Å². The van der Waals surface area contributed by atoms with E-state index in [0.717, 1.165) is 66.4 Å². The number of rotatable bonds is 7. The molecule has 1 fully saturated rings. The third-order valence-electron chi connectivity index (χ3n) is 6.92. The molecule has 0 aliphatic carbocycles. The minimum atomic E-state index is -0.308. The fraction of sp³-hybridized carbons (Fsp3) is 0.370. The van der Waals surface area contributed by atoms with Crippen LogP contribution in [0.1, 0.15) is 25.1 Å². The molecule has 0 radical (unpaired) electrons. The second-order valence-electron chi connectivity index (χ2n) is 9.37. The van der Waals surface area contributed by atoms with Crippen molar-refractivity contribution in [3.05, 3.63) is 71.0 Å². The SMILES string of the molecule is COc1cc(F)ccc1CCc1ccc(-c2cnc(N3CCN(C(C)C)CC3)c(Cl)c2)c2nncn12. The lowest BCUT2D eigenvalue weighted by atomic mass is 10.0. The van der Waals surface area contributed by atoms with Gasteiger partial charge in [-0.05, 0) is 56.5 Å². The average Bonchev–Trinajstić information content (AvgIpc) is 3.38. The summed E-state index contributed by atoms with van der Waals surface area (Å²) in [6.45, 7) is 8.28. The number of aryl methyl sites for hydroxylation is 2. The highest BCUT2D eigenvalue weighted by Crippen LogP contribution is 2.32. The molecular formula is C27H30ClFN6O. The number of fused-ring (bicyclic) bond motifs is 1. The van der Waals surface area contributed by atoms with Gasteiger partial charge in [0.1, 0.15) is 23.7 Å². The number of piperazine rings is 1. The molecule has 4 aromatic rings. The highest BCUT2D eigenvalue weighted by Gasteiger charge is 2.22. The van der Waals surface area contributed by atoms with E-state index in [0.29, 0.717) is 23.2 Å². The highest BCUT2D eigenvalue weighted by atomic mass is 35.5. The van der Waals surface area contributed by atoms with Crippen LogP contribution in [0.25, 0.3) is 16.8 Å². The minimum absolute atomic E-state index is 0.308. The lowest BCUT2D eigenvalue weighted by Crippen LogP contribution is -2.49. The summed E-state index contributed by atoms with van der Waals surface area (Å²) in [4.78, 5) is 9.46. The second-order valence-corrected chi connectivity index (χ2v) is 9.77. The number of anilines is 1. The monoisotopic (exact) mass is 508 g/mol. The third-order valence-corrected chi connectivity index (χ3v) is 7.20. The molecule has 0 amide bonds. The van der Waals surface area contributed by atoms with Crippen molar-refractivity contribution in [2.75, 3.05) is 38.2 Å². The average molecular weight is 509 g/mol. The Kier molecular flexibility index (Phi) is 7.07. The van der Waals surface area contributed by atoms with Gasteiger partial charge in [0.25, 0.3) is 0 Å². The van der Waals surface area contributed by atoms with Crippen molar-refractivity contribution in [2.45, 2.75) is 32.7 Å². The largest absolute Gasteiger partial charge is 0.496 e. The second kappa shape index (κ2) is 10.4. The molecule has 36 heavy (non-hydrogen) atoms. The molecule has 0 bridgehead atoms. The summed E-state index contributed by atoms with van der Waals surface area (Å²) in [6.07, 6.45) is 5.00. The minimum Gasteiger partial charge on any atom is -0.496 e. The van der Waals surface area contributed by atoms with E-state index in [2.05, 4.69) is 39.9 Å². The Balaban J connectivity index is 1.37. The fourth-order valence-electron chi connectivity index (χ4n) is 4.84. The molecule has 1 saturated heterocycles. The maximum Gasteiger partial charge on any atom is 0.168 e. The van der Waals surface area contributed by atoms with Crippen LogP contribution in [-0.4, -0.2) is 63.8 Å². The van der Waals surface area contributed by atoms with Crippen LogP contribution in [0.15, 0.2) is 48.9 Å². The van der Waals surface area contributed by atoms with Gasteiger partial charge in [0, 0.05) is 61.3 Å². The zero-order valence-corrected chi connectivity index (χ0v) is 21.5. The van der Waals surface area contributed by atoms with E-state index in [1.807, 2.05) is 22.7 Å². The molecular weight excluding hydrogens is 479 g/mol. The van der Waals surface area contributed by atoms with E-state index in [9.17, 15) is 4.39 Å². The van der Waals surface area contributed by atoms with Crippen molar-refractivity contribution >= 4 is 23.1 Å². The van der Waals surface area contributed by atoms with Crippen LogP contribution in [0.2, 0.25) is 5.02 Å². The Hall–Kier alpha value is -3.23. The molecule has 4 heterocycles. The summed E-state index contributed by atoms with van der Waals surface area (Å²) in [5, 5.41) is 9.17. The Morgan fingerprint density at radius 3 is 2.58 bits per heavy atom. The number of pyridine rings is 2. The Morgan fingerprint density at radius 1 is 1.06 bits per heavy atom. The molecule has 7 nitrogen and oxygen atoms in total. The molecule has 0 unspecified atom stereocenters. The van der Waals surface area contributed by atoms with Crippen LogP contribution in [0.4, 0.5) is 10.2 Å². The summed E-state index contributed by atoms with van der Waals surface area (Å²) in [5.41, 5.74) is 4.55. The molecule has 0 spiro atoms. The smallest absolute Gasteiger partial charge is 0.168 e. The standard InChI is InChI=1S/C27H30ClFN6O/c1-18(2)33-10-12-34(13-11-33)27-24(28)14-20(16-30-27)23-9-8-22(35-17-31-32-26(23)35)7-5-19-4-6-21(29)15-25(19)36-3/h4,6,8-9,14-18H,5,7,10-13H2,1-3H3. The van der Waals surface area contributed by atoms with Gasteiger partial charge >= 0.3 is 0 Å². The van der Waals surface area contributed by atoms with Gasteiger partial charge in [0.2, 0.25) is 0 Å². The predicted molar refractivity (Wildman–Crippen MR) is 141 cm³/mol. The van der Waals surface area contributed by atoms with Gasteiger partial charge in [-0.15, -0.1) is 10.2 Å². The van der Waals surface area contributed by atoms with Crippen LogP contribution in [0, 0.1) is 5.82 Å². The van der Waals surface area contributed by atoms with Crippen molar-refractivity contribution in [3.8, 4) is 16.9 Å². The summed E-state index contributed by atoms with van der Waals surface area (Å²) < 4.78 is 20.9. The molecule has 5 rings (SSSR count). The molecule has 188 valence electrons. The topological polar surface area (TPSA) is 58.8 Å². The molecule has 1 aliphatic heterocycles. The molecule has 1 aromatic carbocycles. The lowest BCUT2D eigenvalue weighted by Gasteiger charge is -2.37. The molecule has 9 heteroatoms. The van der Waals surface area contributed by atoms with Gasteiger partial charge < -0.3 is 9.64 Å². The molecule has 1 aliphatic rings. The number of nitrogens with zero attached hydrogens (tertiary/aromatic N) is 6. The molecule has 0 N–H and O–H groups in total. The summed E-state index contributed by atoms with van der Waals surface area (Å²) in [6, 6.07) is 11.3. The predicted octanol–water partition coefficient (Wildman–Crippen LogP) is 4.91. The van der Waals surface area contributed by atoms with E-state index < -0.39 is 0 Å². The molecule has 0 atom stereocenters. The number of hydrogen-bond donors (Lipinski definition) is 0. The van der Waals surface area contributed by atoms with E-state index in [-0.39, 0.29) is 5.82 Å². The zero-order chi connectivity index (χ0) is 25.2. The van der Waals surface area contributed by atoms with Crippen molar-refractivity contribution in [1.29, 1.82) is 0 Å². The van der Waals surface area contributed by atoms with Gasteiger partial charge in [0.05, 0.1) is 12.1 Å². The van der Waals surface area contributed by atoms with Gasteiger partial charge in [-0.2, -0.15) is 0 Å². The summed E-state index contributed by atoms with van der Waals surface area (Å²) >= 11 is 6.73. The van der Waals surface area contributed by atoms with Gasteiger partial charge in [0.15, 0.2) is 5.65 Å². The first-order chi connectivity index (χ1) is 17.4. The Morgan fingerprint density at radius 2 is 1.86 bits per heavy atom. The third kappa shape index (κ3) is 4.88. The summed E-state index contributed by atoms with van der Waals surface area (Å²) in [5.74, 6) is 1.07. The Bertz CT molecular complexity index is 1370. The molecule has 0 saturated carbocycles. The van der Waals surface area contributed by atoms with Crippen LogP contribution in [0.3, 0.4) is 0 Å². The molecule has 3 aromatic heterocycles. The van der Waals surface area contributed by atoms with Crippen molar-refractivity contribution < 1.29 is 9.13 Å². The quantitative estimate of drug-likeness (QED) is 0.353. The maximum absolute atomic E-state index is 13.6. The number of ether oxygens (including phenoxy) is 1. The van der Waals surface area contributed by atoms with E-state index in [1.165, 1.54) is 12.1 Å². The van der Waals surface area contributed by atoms with E-state index >= 15 is 0 Å². The first-order valence-electron chi connectivity index (χ1n) is 12.2. The summed E-state index contributed by atoms with van der Waals surface area (Å²) in [7, 11) is 1.56. The number of aromatic nitrogens is 4. The van der Waals surface area contributed by atoms with Gasteiger partial charge in [-0.25, -0.2) is 9.37 Å². The van der Waals surface area contributed by atoms with Crippen molar-refractivity contribution in [3.63, 3.8) is 0 Å². The van der Waals surface area contributed by atoms with Crippen LogP contribution < -0.4 is 9.64 Å². The van der Waals surface area contributed by atoms with E-state index in [4.69, 9.17) is 21.3 Å². The zero-order valence-electron chi connectivity index (χ0n) is 20.8. The normalized spacial score (nSPS) is 14.7. The number of halogens is 2. The number of methoxy groups -OCH3 is 1. The number of benzene rings is 1. The maximum atomic E-state index is 13.6. The highest BCUT2D eigenvalue weighted by molar-refractivity contribution is 6.33. The lowest BCUT2D eigenvalue weighted by molar-refractivity contribution is 0.209. The van der Waals surface area contributed by atoms with Gasteiger partial charge in [-0.1, -0.05) is 17.7 Å². The van der Waals surface area contributed by atoms with Crippen molar-refractivity contribution in [1.82, 2.24) is 24.5 Å².